The third kappa shape index (κ3) is 5.93. The van der Waals surface area contributed by atoms with Crippen molar-refractivity contribution < 1.29 is 22.7 Å². The lowest BCUT2D eigenvalue weighted by atomic mass is 9.89. The van der Waals surface area contributed by atoms with Crippen LogP contribution < -0.4 is 15.8 Å². The Bertz CT molecular complexity index is 1200. The molecule has 0 radical (unpaired) electrons. The highest BCUT2D eigenvalue weighted by atomic mass is 32.1. The van der Waals surface area contributed by atoms with Crippen LogP contribution in [-0.4, -0.2) is 48.0 Å². The lowest BCUT2D eigenvalue weighted by Gasteiger charge is -2.19. The number of fused-ring (bicyclic) bond motifs is 3. The Morgan fingerprint density at radius 1 is 1.32 bits per heavy atom. The van der Waals surface area contributed by atoms with E-state index in [1.807, 2.05) is 0 Å². The molecule has 1 unspecified atom stereocenters. The molecule has 1 aliphatic rings. The van der Waals surface area contributed by atoms with Crippen LogP contribution >= 0.6 is 11.3 Å². The molecule has 0 spiro atoms. The molecule has 4 N–H and O–H groups in total. The van der Waals surface area contributed by atoms with E-state index >= 15 is 0 Å². The largest absolute Gasteiger partial charge is 0.573 e. The summed E-state index contributed by atoms with van der Waals surface area (Å²) in [7, 11) is 3.38. The van der Waals surface area contributed by atoms with Gasteiger partial charge in [-0.2, -0.15) is 0 Å². The Hall–Kier alpha value is -3.41. The summed E-state index contributed by atoms with van der Waals surface area (Å²) < 4.78 is 42.8. The molecular weight excluding hydrogens is 469 g/mol. The molecule has 3 aromatic rings. The van der Waals surface area contributed by atoms with Gasteiger partial charge < -0.3 is 26.1 Å². The molecule has 4 rings (SSSR count). The van der Waals surface area contributed by atoms with Gasteiger partial charge >= 0.3 is 6.36 Å². The van der Waals surface area contributed by atoms with Crippen molar-refractivity contribution in [3.63, 3.8) is 0 Å². The molecule has 0 saturated carbocycles. The molecule has 12 heteroatoms. The molecule has 0 bridgehead atoms. The summed E-state index contributed by atoms with van der Waals surface area (Å²) in [4.78, 5) is 21.5. The first-order valence-electron chi connectivity index (χ1n) is 10.4. The van der Waals surface area contributed by atoms with Crippen molar-refractivity contribution in [3.8, 4) is 5.75 Å². The fraction of sp³-hybridized carbons (Fsp3) is 0.364. The van der Waals surface area contributed by atoms with E-state index in [2.05, 4.69) is 26.9 Å². The first-order valence-corrected chi connectivity index (χ1v) is 11.2. The number of aryl methyl sites for hydroxylation is 1. The summed E-state index contributed by atoms with van der Waals surface area (Å²) in [6.45, 7) is 2.20. The second-order valence-corrected chi connectivity index (χ2v) is 9.20. The minimum atomic E-state index is -4.88. The van der Waals surface area contributed by atoms with Gasteiger partial charge in [0.2, 0.25) is 6.41 Å². The van der Waals surface area contributed by atoms with Gasteiger partial charge in [-0.1, -0.05) is 6.92 Å². The Balaban J connectivity index is 0.000000588. The predicted octanol–water partition coefficient (Wildman–Crippen LogP) is 4.74. The first kappa shape index (κ1) is 25.2. The van der Waals surface area contributed by atoms with Crippen LogP contribution in [0.5, 0.6) is 5.75 Å². The van der Waals surface area contributed by atoms with E-state index < -0.39 is 12.1 Å². The van der Waals surface area contributed by atoms with E-state index in [1.165, 1.54) is 22.2 Å². The van der Waals surface area contributed by atoms with E-state index in [9.17, 15) is 18.0 Å². The average Bonchev–Trinajstić information content (AvgIpc) is 3.13. The number of carbonyl (C=O) groups is 1. The van der Waals surface area contributed by atoms with Crippen molar-refractivity contribution in [2.24, 2.45) is 5.92 Å². The number of alkyl halides is 3. The van der Waals surface area contributed by atoms with E-state index in [0.29, 0.717) is 11.7 Å². The van der Waals surface area contributed by atoms with Crippen LogP contribution in [0, 0.1) is 11.3 Å². The number of carbonyl (C=O) groups excluding carboxylic acids is 1. The van der Waals surface area contributed by atoms with Gasteiger partial charge in [0, 0.05) is 42.5 Å². The van der Waals surface area contributed by atoms with Crippen LogP contribution in [0.25, 0.3) is 10.2 Å². The molecule has 0 saturated heterocycles. The molecule has 8 nitrogen and oxygen atoms in total. The summed E-state index contributed by atoms with van der Waals surface area (Å²) in [6, 6.07) is 2.40. The SMILES string of the molecule is CC1CCc2c(sc3ncnc(Nc4cc(C=N)c(N)cc4OC(F)(F)F)c23)C1.CN(C)C=O. The van der Waals surface area contributed by atoms with Crippen molar-refractivity contribution in [2.45, 2.75) is 32.5 Å². The number of anilines is 3. The smallest absolute Gasteiger partial charge is 0.403 e. The number of hydrogen-bond donors (Lipinski definition) is 3. The van der Waals surface area contributed by atoms with Crippen LogP contribution in [0.1, 0.15) is 29.3 Å². The number of hydrogen-bond acceptors (Lipinski definition) is 8. The number of nitrogens with one attached hydrogen (secondary N) is 2. The van der Waals surface area contributed by atoms with Crippen LogP contribution in [0.15, 0.2) is 18.5 Å². The van der Waals surface area contributed by atoms with E-state index in [4.69, 9.17) is 11.1 Å². The van der Waals surface area contributed by atoms with Gasteiger partial charge in [0.05, 0.1) is 11.1 Å². The van der Waals surface area contributed by atoms with Crippen LogP contribution in [0.3, 0.4) is 0 Å². The highest BCUT2D eigenvalue weighted by Gasteiger charge is 2.33. The number of rotatable bonds is 5. The monoisotopic (exact) mass is 494 g/mol. The molecule has 1 aromatic carbocycles. The molecule has 2 aromatic heterocycles. The zero-order valence-electron chi connectivity index (χ0n) is 18.9. The highest BCUT2D eigenvalue weighted by Crippen LogP contribution is 2.42. The maximum Gasteiger partial charge on any atom is 0.573 e. The summed E-state index contributed by atoms with van der Waals surface area (Å²) in [5.41, 5.74) is 7.20. The number of halogens is 3. The molecule has 0 aliphatic heterocycles. The summed E-state index contributed by atoms with van der Waals surface area (Å²) in [5.74, 6) is 0.513. The number of thiophene rings is 1. The topological polar surface area (TPSA) is 117 Å². The molecule has 0 fully saturated rings. The zero-order chi connectivity index (χ0) is 25.0. The maximum absolute atomic E-state index is 12.9. The van der Waals surface area contributed by atoms with E-state index in [1.54, 1.807) is 25.4 Å². The Labute approximate surface area is 198 Å². The highest BCUT2D eigenvalue weighted by molar-refractivity contribution is 7.19. The Morgan fingerprint density at radius 2 is 2.03 bits per heavy atom. The van der Waals surface area contributed by atoms with Crippen molar-refractivity contribution in [1.82, 2.24) is 14.9 Å². The Kier molecular flexibility index (Phi) is 7.60. The summed E-state index contributed by atoms with van der Waals surface area (Å²) in [6.07, 6.45) is 1.09. The number of nitrogens with two attached hydrogens (primary N) is 1. The lowest BCUT2D eigenvalue weighted by Crippen LogP contribution is -2.18. The maximum atomic E-state index is 12.9. The van der Waals surface area contributed by atoms with Crippen molar-refractivity contribution in [2.75, 3.05) is 25.1 Å². The molecule has 182 valence electrons. The van der Waals surface area contributed by atoms with Gasteiger partial charge in [0.25, 0.3) is 0 Å². The normalized spacial score (nSPS) is 15.1. The Morgan fingerprint density at radius 3 is 2.65 bits per heavy atom. The molecular formula is C22H25F3N6O2S. The van der Waals surface area contributed by atoms with Crippen molar-refractivity contribution in [1.29, 1.82) is 5.41 Å². The van der Waals surface area contributed by atoms with Crippen LogP contribution in [0.2, 0.25) is 0 Å². The number of nitrogens with zero attached hydrogens (tertiary/aromatic N) is 3. The lowest BCUT2D eigenvalue weighted by molar-refractivity contribution is -0.274. The van der Waals surface area contributed by atoms with Gasteiger partial charge in [-0.25, -0.2) is 9.97 Å². The second-order valence-electron chi connectivity index (χ2n) is 8.12. The number of benzene rings is 1. The first-order chi connectivity index (χ1) is 16.0. The minimum absolute atomic E-state index is 0.0135. The van der Waals surface area contributed by atoms with E-state index in [-0.39, 0.29) is 16.9 Å². The zero-order valence-corrected chi connectivity index (χ0v) is 19.7. The van der Waals surface area contributed by atoms with Gasteiger partial charge in [0.15, 0.2) is 5.75 Å². The summed E-state index contributed by atoms with van der Waals surface area (Å²) in [5, 5.41) is 11.2. The third-order valence-electron chi connectivity index (χ3n) is 5.12. The summed E-state index contributed by atoms with van der Waals surface area (Å²) >= 11 is 1.59. The second kappa shape index (κ2) is 10.2. The average molecular weight is 495 g/mol. The van der Waals surface area contributed by atoms with Gasteiger partial charge in [-0.05, 0) is 36.8 Å². The number of nitrogen functional groups attached to an aromatic ring is 1. The molecule has 1 amide bonds. The van der Waals surface area contributed by atoms with Crippen molar-refractivity contribution >= 4 is 51.4 Å². The minimum Gasteiger partial charge on any atom is -0.403 e. The van der Waals surface area contributed by atoms with Crippen LogP contribution in [0.4, 0.5) is 30.4 Å². The van der Waals surface area contributed by atoms with Gasteiger partial charge in [-0.3, -0.25) is 4.79 Å². The number of ether oxygens (including phenoxy) is 1. The molecule has 1 aliphatic carbocycles. The fourth-order valence-corrected chi connectivity index (χ4v) is 4.89. The number of amides is 1. The number of aromatic nitrogens is 2. The van der Waals surface area contributed by atoms with Crippen molar-refractivity contribution in [3.05, 3.63) is 34.5 Å². The van der Waals surface area contributed by atoms with Gasteiger partial charge in [-0.15, -0.1) is 24.5 Å². The van der Waals surface area contributed by atoms with E-state index in [0.717, 1.165) is 53.7 Å². The fourth-order valence-electron chi connectivity index (χ4n) is 3.54. The van der Waals surface area contributed by atoms with Crippen LogP contribution in [-0.2, 0) is 17.6 Å². The standard InChI is InChI=1S/C19H18F3N5OS.C3H7NO/c1-9-2-3-11-15(4-9)29-18-16(11)17(25-8-26-18)27-13-5-10(7-23)12(24)6-14(13)28-19(20,21)22;1-4(2)3-5/h5-9,23H,2-4,24H2,1H3,(H,25,26,27);3H,1-2H3. The quantitative estimate of drug-likeness (QED) is 0.268. The molecule has 2 heterocycles. The predicted molar refractivity (Wildman–Crippen MR) is 127 cm³/mol. The third-order valence-corrected chi connectivity index (χ3v) is 6.28. The van der Waals surface area contributed by atoms with Gasteiger partial charge in [0.1, 0.15) is 17.0 Å². The molecule has 34 heavy (non-hydrogen) atoms. The molecule has 1 atom stereocenters.